The molecule has 96 valence electrons. The first-order valence-corrected chi connectivity index (χ1v) is 6.76. The number of furan rings is 1. The molecule has 0 aliphatic rings. The fourth-order valence-electron chi connectivity index (χ4n) is 1.16. The highest BCUT2D eigenvalue weighted by Gasteiger charge is 2.17. The Hall–Kier alpha value is -1.34. The summed E-state index contributed by atoms with van der Waals surface area (Å²) in [7, 11) is -3.90. The fraction of sp³-hybridized carbons (Fsp3) is 0.500. The zero-order chi connectivity index (χ0) is 13.1. The lowest BCUT2D eigenvalue weighted by molar-refractivity contribution is 0.0919. The second-order valence-electron chi connectivity index (χ2n) is 4.10. The summed E-state index contributed by atoms with van der Waals surface area (Å²) in [6.07, 6.45) is 0.842. The quantitative estimate of drug-likeness (QED) is 0.813. The maximum Gasteiger partial charge on any atom is 0.287 e. The molecular formula is C10H16N2O4S. The van der Waals surface area contributed by atoms with E-state index in [1.165, 1.54) is 6.07 Å². The van der Waals surface area contributed by atoms with E-state index in [-0.39, 0.29) is 5.76 Å². The fourth-order valence-corrected chi connectivity index (χ4v) is 1.62. The van der Waals surface area contributed by atoms with Crippen LogP contribution < -0.4 is 10.5 Å². The second kappa shape index (κ2) is 5.33. The molecule has 3 N–H and O–H groups in total. The van der Waals surface area contributed by atoms with E-state index in [0.29, 0.717) is 12.5 Å². The van der Waals surface area contributed by atoms with Gasteiger partial charge in [-0.15, -0.1) is 0 Å². The number of carbonyl (C=O) groups excluding carboxylic acids is 1. The molecule has 1 rings (SSSR count). The van der Waals surface area contributed by atoms with Gasteiger partial charge in [0.15, 0.2) is 5.76 Å². The van der Waals surface area contributed by atoms with Crippen LogP contribution in [0.25, 0.3) is 0 Å². The van der Waals surface area contributed by atoms with E-state index in [9.17, 15) is 13.2 Å². The van der Waals surface area contributed by atoms with E-state index in [2.05, 4.69) is 5.32 Å². The minimum Gasteiger partial charge on any atom is -0.438 e. The van der Waals surface area contributed by atoms with Gasteiger partial charge in [-0.3, -0.25) is 4.79 Å². The van der Waals surface area contributed by atoms with E-state index in [1.54, 1.807) is 0 Å². The third-order valence-corrected chi connectivity index (χ3v) is 2.87. The van der Waals surface area contributed by atoms with Gasteiger partial charge in [-0.25, -0.2) is 13.6 Å². The Morgan fingerprint density at radius 3 is 2.59 bits per heavy atom. The third-order valence-electron chi connectivity index (χ3n) is 2.09. The van der Waals surface area contributed by atoms with Crippen molar-refractivity contribution in [2.75, 3.05) is 6.54 Å². The second-order valence-corrected chi connectivity index (χ2v) is 5.59. The van der Waals surface area contributed by atoms with Gasteiger partial charge in [0, 0.05) is 6.54 Å². The Labute approximate surface area is 100 Å². The summed E-state index contributed by atoms with van der Waals surface area (Å²) in [5.41, 5.74) is 0. The molecule has 1 amide bonds. The average Bonchev–Trinajstić information content (AvgIpc) is 2.64. The Morgan fingerprint density at radius 1 is 1.47 bits per heavy atom. The van der Waals surface area contributed by atoms with Crippen molar-refractivity contribution in [1.82, 2.24) is 5.32 Å². The monoisotopic (exact) mass is 260 g/mol. The van der Waals surface area contributed by atoms with Crippen LogP contribution >= 0.6 is 0 Å². The number of hydrogen-bond donors (Lipinski definition) is 2. The topological polar surface area (TPSA) is 102 Å². The van der Waals surface area contributed by atoms with E-state index < -0.39 is 21.0 Å². The molecule has 7 heteroatoms. The van der Waals surface area contributed by atoms with Crippen LogP contribution in [0.4, 0.5) is 0 Å². The Bertz CT molecular complexity index is 490. The largest absolute Gasteiger partial charge is 0.438 e. The number of nitrogens with one attached hydrogen (secondary N) is 1. The Morgan fingerprint density at radius 2 is 2.12 bits per heavy atom. The third kappa shape index (κ3) is 4.20. The average molecular weight is 260 g/mol. The molecule has 1 heterocycles. The van der Waals surface area contributed by atoms with Crippen LogP contribution in [0.2, 0.25) is 0 Å². The highest BCUT2D eigenvalue weighted by molar-refractivity contribution is 7.89. The number of carbonyl (C=O) groups is 1. The van der Waals surface area contributed by atoms with Crippen LogP contribution in [0.1, 0.15) is 30.8 Å². The van der Waals surface area contributed by atoms with Crippen molar-refractivity contribution in [3.8, 4) is 0 Å². The number of nitrogens with two attached hydrogens (primary N) is 1. The summed E-state index contributed by atoms with van der Waals surface area (Å²) >= 11 is 0. The van der Waals surface area contributed by atoms with E-state index in [0.717, 1.165) is 12.5 Å². The van der Waals surface area contributed by atoms with Gasteiger partial charge in [-0.2, -0.15) is 0 Å². The van der Waals surface area contributed by atoms with Crippen molar-refractivity contribution in [1.29, 1.82) is 0 Å². The first kappa shape index (κ1) is 13.7. The molecule has 0 aromatic carbocycles. The van der Waals surface area contributed by atoms with Gasteiger partial charge in [0.25, 0.3) is 15.9 Å². The number of hydrogen-bond acceptors (Lipinski definition) is 4. The van der Waals surface area contributed by atoms with Crippen LogP contribution in [0.5, 0.6) is 0 Å². The predicted molar refractivity (Wildman–Crippen MR) is 61.9 cm³/mol. The molecule has 1 aromatic heterocycles. The number of sulfonamides is 1. The molecule has 0 aliphatic heterocycles. The SMILES string of the molecule is CC(C)CCNC(=O)c1ccc(S(N)(=O)=O)o1. The number of rotatable bonds is 5. The van der Waals surface area contributed by atoms with Crippen molar-refractivity contribution >= 4 is 15.9 Å². The summed E-state index contributed by atoms with van der Waals surface area (Å²) in [5.74, 6) is -0.0230. The number of primary sulfonamides is 1. The lowest BCUT2D eigenvalue weighted by Gasteiger charge is -2.05. The van der Waals surface area contributed by atoms with Crippen molar-refractivity contribution in [2.45, 2.75) is 25.4 Å². The van der Waals surface area contributed by atoms with Gasteiger partial charge >= 0.3 is 0 Å². The van der Waals surface area contributed by atoms with Crippen LogP contribution in [-0.2, 0) is 10.0 Å². The maximum absolute atomic E-state index is 11.5. The normalized spacial score (nSPS) is 11.8. The van der Waals surface area contributed by atoms with Gasteiger partial charge in [-0.05, 0) is 24.5 Å². The van der Waals surface area contributed by atoms with Gasteiger partial charge < -0.3 is 9.73 Å². The molecule has 17 heavy (non-hydrogen) atoms. The minimum atomic E-state index is -3.90. The van der Waals surface area contributed by atoms with Gasteiger partial charge in [0.1, 0.15) is 0 Å². The van der Waals surface area contributed by atoms with E-state index in [1.807, 2.05) is 13.8 Å². The molecule has 0 saturated carbocycles. The lowest BCUT2D eigenvalue weighted by Crippen LogP contribution is -2.24. The smallest absolute Gasteiger partial charge is 0.287 e. The molecule has 0 radical (unpaired) electrons. The van der Waals surface area contributed by atoms with Gasteiger partial charge in [0.05, 0.1) is 0 Å². The standard InChI is InChI=1S/C10H16N2O4S/c1-7(2)5-6-12-10(13)8-3-4-9(16-8)17(11,14)15/h3-4,7H,5-6H2,1-2H3,(H,12,13)(H2,11,14,15). The molecule has 0 fully saturated rings. The first-order valence-electron chi connectivity index (χ1n) is 5.21. The van der Waals surface area contributed by atoms with E-state index >= 15 is 0 Å². The van der Waals surface area contributed by atoms with Crippen LogP contribution in [0.15, 0.2) is 21.6 Å². The zero-order valence-electron chi connectivity index (χ0n) is 9.76. The van der Waals surface area contributed by atoms with Gasteiger partial charge in [-0.1, -0.05) is 13.8 Å². The Balaban J connectivity index is 2.62. The van der Waals surface area contributed by atoms with Crippen LogP contribution in [-0.4, -0.2) is 20.9 Å². The molecule has 0 saturated heterocycles. The van der Waals surface area contributed by atoms with Crippen molar-refractivity contribution in [2.24, 2.45) is 11.1 Å². The maximum atomic E-state index is 11.5. The molecule has 0 atom stereocenters. The summed E-state index contributed by atoms with van der Waals surface area (Å²) < 4.78 is 26.7. The van der Waals surface area contributed by atoms with E-state index in [4.69, 9.17) is 9.56 Å². The zero-order valence-corrected chi connectivity index (χ0v) is 10.6. The Kier molecular flexibility index (Phi) is 4.30. The van der Waals surface area contributed by atoms with Crippen molar-refractivity contribution in [3.05, 3.63) is 17.9 Å². The number of amides is 1. The van der Waals surface area contributed by atoms with Crippen molar-refractivity contribution in [3.63, 3.8) is 0 Å². The molecule has 0 bridgehead atoms. The summed E-state index contributed by atoms with van der Waals surface area (Å²) in [6, 6.07) is 2.44. The van der Waals surface area contributed by atoms with Crippen LogP contribution in [0.3, 0.4) is 0 Å². The van der Waals surface area contributed by atoms with Gasteiger partial charge in [0.2, 0.25) is 5.09 Å². The summed E-state index contributed by atoms with van der Waals surface area (Å²) in [4.78, 5) is 11.5. The molecular weight excluding hydrogens is 244 g/mol. The molecule has 0 unspecified atom stereocenters. The summed E-state index contributed by atoms with van der Waals surface area (Å²) in [5, 5.41) is 7.07. The molecule has 0 spiro atoms. The predicted octanol–water partition coefficient (Wildman–Crippen LogP) is 0.703. The highest BCUT2D eigenvalue weighted by atomic mass is 32.2. The lowest BCUT2D eigenvalue weighted by atomic mass is 10.1. The first-order chi connectivity index (χ1) is 7.80. The molecule has 0 aliphatic carbocycles. The highest BCUT2D eigenvalue weighted by Crippen LogP contribution is 2.11. The van der Waals surface area contributed by atoms with Crippen LogP contribution in [0, 0.1) is 5.92 Å². The summed E-state index contributed by atoms with van der Waals surface area (Å²) in [6.45, 7) is 4.60. The van der Waals surface area contributed by atoms with Crippen molar-refractivity contribution < 1.29 is 17.6 Å². The molecule has 1 aromatic rings. The minimum absolute atomic E-state index is 0.0576. The molecule has 6 nitrogen and oxygen atoms in total.